The number of hydrogen-bond donors (Lipinski definition) is 0. The van der Waals surface area contributed by atoms with Gasteiger partial charge < -0.3 is 18.3 Å². The molecule has 10 heteroatoms. The van der Waals surface area contributed by atoms with Gasteiger partial charge in [0.05, 0.1) is 44.1 Å². The lowest BCUT2D eigenvalue weighted by Crippen LogP contribution is -2.04. The molecule has 0 saturated heterocycles. The Balaban J connectivity index is 0.989. The van der Waals surface area contributed by atoms with Gasteiger partial charge in [-0.15, -0.1) is 11.3 Å². The highest BCUT2D eigenvalue weighted by atomic mass is 32.1. The van der Waals surface area contributed by atoms with E-state index in [1.54, 1.807) is 24.3 Å². The molecule has 6 aromatic heterocycles. The Hall–Kier alpha value is -11.9. The van der Waals surface area contributed by atoms with Crippen LogP contribution in [0.5, 0.6) is 0 Å². The number of rotatable bonds is 8. The molecule has 7 nitrogen and oxygen atoms in total. The van der Waals surface area contributed by atoms with Gasteiger partial charge in [0.15, 0.2) is 17.5 Å². The van der Waals surface area contributed by atoms with E-state index in [9.17, 15) is 8.78 Å². The highest BCUT2D eigenvalue weighted by molar-refractivity contribution is 7.26. The molecule has 91 heavy (non-hydrogen) atoms. The van der Waals surface area contributed by atoms with Crippen LogP contribution in [0.2, 0.25) is 0 Å². The Kier molecular flexibility index (Phi) is 11.2. The molecule has 0 radical (unpaired) electrons. The summed E-state index contributed by atoms with van der Waals surface area (Å²) in [5.74, 6) is 0.316. The van der Waals surface area contributed by atoms with Gasteiger partial charge in [0.2, 0.25) is 0 Å². The molecule has 0 fully saturated rings. The van der Waals surface area contributed by atoms with Crippen LogP contribution in [0.15, 0.2) is 285 Å². The molecule has 0 atom stereocenters. The molecule has 19 aromatic rings. The lowest BCUT2D eigenvalue weighted by Gasteiger charge is -2.17. The number of aromatic nitrogens is 7. The van der Waals surface area contributed by atoms with Crippen LogP contribution in [0.4, 0.5) is 8.78 Å². The first-order valence-corrected chi connectivity index (χ1v) is 31.2. The third-order valence-corrected chi connectivity index (χ3v) is 19.5. The fourth-order valence-electron chi connectivity index (χ4n) is 14.4. The maximum Gasteiger partial charge on any atom is 0.164 e. The standard InChI is InChI=1S/C81H47F2N7S/c82-52-39-34-48(35-40-52)79-84-80(49-36-41-53(83)42-37-49)86-81(85-79)51-44-56(87-66-29-12-7-22-59(66)60-43-38-50(46-70(60)87)58-27-17-28-62-61-23-11-16-33-71(61)91-78(58)62)47-57(45-51)90-69-32-15-10-26-65(69)74-76-72(63-24-8-13-30-67(63)88(76)54-18-3-1-4-19-54)75-73(77(74)90)64-25-9-14-31-68(64)89(75)55-20-5-2-6-21-55/h1-47H. The van der Waals surface area contributed by atoms with Crippen molar-refractivity contribution in [2.75, 3.05) is 0 Å². The molecule has 0 aliphatic carbocycles. The minimum atomic E-state index is -0.377. The molecule has 19 rings (SSSR count). The number of para-hydroxylation sites is 6. The van der Waals surface area contributed by atoms with Gasteiger partial charge in [-0.1, -0.05) is 158 Å². The summed E-state index contributed by atoms with van der Waals surface area (Å²) in [7, 11) is 0. The lowest BCUT2D eigenvalue weighted by molar-refractivity contribution is 0.627. The zero-order valence-electron chi connectivity index (χ0n) is 48.4. The van der Waals surface area contributed by atoms with E-state index in [0.29, 0.717) is 34.2 Å². The van der Waals surface area contributed by atoms with Crippen LogP contribution in [-0.4, -0.2) is 33.2 Å². The van der Waals surface area contributed by atoms with Crippen molar-refractivity contribution < 1.29 is 8.78 Å². The molecular weight excluding hydrogens is 1140 g/mol. The molecule has 0 unspecified atom stereocenters. The van der Waals surface area contributed by atoms with Gasteiger partial charge in [-0.3, -0.25) is 0 Å². The topological polar surface area (TPSA) is 58.4 Å². The van der Waals surface area contributed by atoms with E-state index in [-0.39, 0.29) is 11.6 Å². The Morgan fingerprint density at radius 3 is 1.19 bits per heavy atom. The molecule has 0 saturated carbocycles. The van der Waals surface area contributed by atoms with E-state index in [2.05, 4.69) is 255 Å². The maximum atomic E-state index is 14.8. The molecule has 0 aliphatic heterocycles. The molecule has 0 aliphatic rings. The quantitative estimate of drug-likeness (QED) is 0.152. The van der Waals surface area contributed by atoms with Crippen molar-refractivity contribution in [3.63, 3.8) is 0 Å². The monoisotopic (exact) mass is 1190 g/mol. The Labute approximate surface area is 522 Å². The predicted octanol–water partition coefficient (Wildman–Crippen LogP) is 21.6. The second-order valence-electron chi connectivity index (χ2n) is 23.3. The zero-order chi connectivity index (χ0) is 60.0. The summed E-state index contributed by atoms with van der Waals surface area (Å²) in [4.78, 5) is 15.7. The molecule has 0 N–H and O–H groups in total. The van der Waals surface area contributed by atoms with Gasteiger partial charge in [0, 0.05) is 103 Å². The third-order valence-electron chi connectivity index (χ3n) is 18.3. The van der Waals surface area contributed by atoms with Crippen molar-refractivity contribution in [3.05, 3.63) is 297 Å². The lowest BCUT2D eigenvalue weighted by atomic mass is 10.0. The number of nitrogens with zero attached hydrogens (tertiary/aromatic N) is 7. The second-order valence-corrected chi connectivity index (χ2v) is 24.4. The number of hydrogen-bond acceptors (Lipinski definition) is 4. The smallest absolute Gasteiger partial charge is 0.164 e. The molecular formula is C81H47F2N7S. The summed E-state index contributed by atoms with van der Waals surface area (Å²) in [6, 6.07) is 97.9. The summed E-state index contributed by atoms with van der Waals surface area (Å²) >= 11 is 1.83. The average molecular weight is 1190 g/mol. The van der Waals surface area contributed by atoms with Crippen molar-refractivity contribution in [1.82, 2.24) is 33.2 Å². The summed E-state index contributed by atoms with van der Waals surface area (Å²) in [6.45, 7) is 0. The van der Waals surface area contributed by atoms with Crippen LogP contribution in [-0.2, 0) is 0 Å². The van der Waals surface area contributed by atoms with Gasteiger partial charge in [-0.2, -0.15) is 0 Å². The van der Waals surface area contributed by atoms with Crippen molar-refractivity contribution >= 4 is 119 Å². The minimum absolute atomic E-state index is 0.344. The summed E-state index contributed by atoms with van der Waals surface area (Å²) < 4.78 is 41.9. The fourth-order valence-corrected chi connectivity index (χ4v) is 15.7. The largest absolute Gasteiger partial charge is 0.309 e. The minimum Gasteiger partial charge on any atom is -0.309 e. The van der Waals surface area contributed by atoms with Crippen LogP contribution >= 0.6 is 11.3 Å². The first-order valence-electron chi connectivity index (χ1n) is 30.4. The summed E-state index contributed by atoms with van der Waals surface area (Å²) in [6.07, 6.45) is 0. The van der Waals surface area contributed by atoms with Crippen LogP contribution < -0.4 is 0 Å². The number of benzene rings is 13. The van der Waals surface area contributed by atoms with E-state index in [4.69, 9.17) is 15.0 Å². The second kappa shape index (κ2) is 19.8. The average Bonchev–Trinajstić information content (AvgIpc) is 1.51. The van der Waals surface area contributed by atoms with Crippen molar-refractivity contribution in [2.45, 2.75) is 0 Å². The molecule has 13 aromatic carbocycles. The summed E-state index contributed by atoms with van der Waals surface area (Å²) in [5, 5.41) is 11.4. The third kappa shape index (κ3) is 7.73. The maximum absolute atomic E-state index is 14.8. The van der Waals surface area contributed by atoms with Crippen LogP contribution in [0, 0.1) is 11.6 Å². The van der Waals surface area contributed by atoms with E-state index in [0.717, 1.165) is 116 Å². The van der Waals surface area contributed by atoms with Crippen LogP contribution in [0.25, 0.3) is 175 Å². The van der Waals surface area contributed by atoms with Gasteiger partial charge in [-0.25, -0.2) is 23.7 Å². The highest BCUT2D eigenvalue weighted by Crippen LogP contribution is 2.51. The Morgan fingerprint density at radius 1 is 0.264 bits per heavy atom. The molecule has 0 spiro atoms. The van der Waals surface area contributed by atoms with E-state index >= 15 is 0 Å². The first-order chi connectivity index (χ1) is 45.0. The Bertz CT molecular complexity index is 6080. The van der Waals surface area contributed by atoms with Crippen molar-refractivity contribution in [1.29, 1.82) is 0 Å². The van der Waals surface area contributed by atoms with E-state index in [1.165, 1.54) is 50.0 Å². The zero-order valence-corrected chi connectivity index (χ0v) is 49.2. The van der Waals surface area contributed by atoms with E-state index < -0.39 is 0 Å². The predicted molar refractivity (Wildman–Crippen MR) is 372 cm³/mol. The van der Waals surface area contributed by atoms with Crippen molar-refractivity contribution in [3.8, 4) is 68.0 Å². The SMILES string of the molecule is Fc1ccc(-c2nc(-c3ccc(F)cc3)nc(-c3cc(-n4c5ccccc5c5ccc(-c6cccc7c6sc6ccccc67)cc54)cc(-n4c5ccccc5c5c6c(c7ccccc7n6-c6ccccc6)c6c(c7ccccc7n6-c6ccccc6)c54)c3)n2)cc1. The Morgan fingerprint density at radius 2 is 0.659 bits per heavy atom. The van der Waals surface area contributed by atoms with Gasteiger partial charge in [0.1, 0.15) is 11.6 Å². The van der Waals surface area contributed by atoms with Gasteiger partial charge >= 0.3 is 0 Å². The molecule has 0 amide bonds. The van der Waals surface area contributed by atoms with Crippen molar-refractivity contribution in [2.24, 2.45) is 0 Å². The van der Waals surface area contributed by atoms with Crippen LogP contribution in [0.3, 0.4) is 0 Å². The first kappa shape index (κ1) is 51.2. The normalized spacial score (nSPS) is 12.1. The van der Waals surface area contributed by atoms with Gasteiger partial charge in [0.25, 0.3) is 0 Å². The number of halogens is 2. The molecule has 426 valence electrons. The number of fused-ring (bicyclic) bond motifs is 18. The molecule has 6 heterocycles. The van der Waals surface area contributed by atoms with E-state index in [1.807, 2.05) is 11.3 Å². The summed E-state index contributed by atoms with van der Waals surface area (Å²) in [5.41, 5.74) is 16.5. The van der Waals surface area contributed by atoms with Crippen LogP contribution in [0.1, 0.15) is 0 Å². The van der Waals surface area contributed by atoms with Gasteiger partial charge in [-0.05, 0) is 139 Å². The molecule has 0 bridgehead atoms. The number of thiophene rings is 1. The highest BCUT2D eigenvalue weighted by Gasteiger charge is 2.30. The fraction of sp³-hybridized carbons (Fsp3) is 0.